The third-order valence-corrected chi connectivity index (χ3v) is 2.83. The fourth-order valence-corrected chi connectivity index (χ4v) is 2.15. The fraction of sp³-hybridized carbons (Fsp3) is 0.667. The third kappa shape index (κ3) is 2.70. The van der Waals surface area contributed by atoms with Crippen molar-refractivity contribution in [3.63, 3.8) is 0 Å². The van der Waals surface area contributed by atoms with Gasteiger partial charge in [0.05, 0.1) is 19.3 Å². The van der Waals surface area contributed by atoms with E-state index in [0.717, 1.165) is 32.0 Å². The lowest BCUT2D eigenvalue weighted by Gasteiger charge is -2.37. The molecule has 88 valence electrons. The number of hydrogen-bond donors (Lipinski definition) is 0. The molecule has 0 aliphatic carbocycles. The van der Waals surface area contributed by atoms with E-state index in [2.05, 4.69) is 28.7 Å². The van der Waals surface area contributed by atoms with Crippen LogP contribution in [0.15, 0.2) is 18.6 Å². The quantitative estimate of drug-likeness (QED) is 0.779. The number of anilines is 1. The Kier molecular flexibility index (Phi) is 3.72. The van der Waals surface area contributed by atoms with Crippen molar-refractivity contribution in [3.8, 4) is 0 Å². The summed E-state index contributed by atoms with van der Waals surface area (Å²) in [6.45, 7) is 7.01. The van der Waals surface area contributed by atoms with E-state index in [9.17, 15) is 0 Å². The standard InChI is InChI=1S/C12H19N3O/c1-10(2)7-11-8-16-6-5-15(11)12-3-4-13-9-14-12/h3-4,9-11H,5-8H2,1-2H3/t11-/m0/s1. The van der Waals surface area contributed by atoms with E-state index in [4.69, 9.17) is 4.74 Å². The van der Waals surface area contributed by atoms with Gasteiger partial charge in [-0.25, -0.2) is 9.97 Å². The summed E-state index contributed by atoms with van der Waals surface area (Å²) in [4.78, 5) is 10.6. The molecule has 1 aromatic heterocycles. The summed E-state index contributed by atoms with van der Waals surface area (Å²) in [5.74, 6) is 1.69. The molecule has 1 aromatic rings. The Morgan fingerprint density at radius 1 is 1.56 bits per heavy atom. The van der Waals surface area contributed by atoms with Crippen LogP contribution in [0.2, 0.25) is 0 Å². The van der Waals surface area contributed by atoms with Crippen LogP contribution in [0, 0.1) is 5.92 Å². The second kappa shape index (κ2) is 5.25. The second-order valence-corrected chi connectivity index (χ2v) is 4.62. The number of rotatable bonds is 3. The van der Waals surface area contributed by atoms with E-state index in [1.807, 2.05) is 6.07 Å². The number of morpholine rings is 1. The highest BCUT2D eigenvalue weighted by molar-refractivity contribution is 5.38. The normalized spacial score (nSPS) is 21.4. The maximum absolute atomic E-state index is 5.55. The fourth-order valence-electron chi connectivity index (χ4n) is 2.15. The molecule has 0 amide bonds. The van der Waals surface area contributed by atoms with Crippen LogP contribution in [-0.4, -0.2) is 35.8 Å². The topological polar surface area (TPSA) is 38.2 Å². The molecule has 0 bridgehead atoms. The van der Waals surface area contributed by atoms with Crippen LogP contribution in [0.3, 0.4) is 0 Å². The molecule has 2 heterocycles. The van der Waals surface area contributed by atoms with Crippen molar-refractivity contribution in [2.75, 3.05) is 24.7 Å². The Morgan fingerprint density at radius 2 is 2.44 bits per heavy atom. The smallest absolute Gasteiger partial charge is 0.132 e. The predicted molar refractivity (Wildman–Crippen MR) is 63.4 cm³/mol. The Bertz CT molecular complexity index is 315. The summed E-state index contributed by atoms with van der Waals surface area (Å²) in [7, 11) is 0. The van der Waals surface area contributed by atoms with E-state index >= 15 is 0 Å². The summed E-state index contributed by atoms with van der Waals surface area (Å²) in [6.07, 6.45) is 4.55. The molecule has 16 heavy (non-hydrogen) atoms. The van der Waals surface area contributed by atoms with Crippen LogP contribution >= 0.6 is 0 Å². The minimum atomic E-state index is 0.448. The molecule has 1 fully saturated rings. The van der Waals surface area contributed by atoms with E-state index in [1.54, 1.807) is 12.5 Å². The molecule has 0 radical (unpaired) electrons. The van der Waals surface area contributed by atoms with Gasteiger partial charge >= 0.3 is 0 Å². The minimum absolute atomic E-state index is 0.448. The van der Waals surface area contributed by atoms with Gasteiger partial charge in [0.15, 0.2) is 0 Å². The molecule has 0 unspecified atom stereocenters. The largest absolute Gasteiger partial charge is 0.377 e. The number of hydrogen-bond acceptors (Lipinski definition) is 4. The maximum atomic E-state index is 5.55. The first-order valence-electron chi connectivity index (χ1n) is 5.88. The Hall–Kier alpha value is -1.16. The molecule has 1 aliphatic rings. The van der Waals surface area contributed by atoms with Gasteiger partial charge in [0, 0.05) is 12.7 Å². The van der Waals surface area contributed by atoms with Crippen molar-refractivity contribution in [1.29, 1.82) is 0 Å². The van der Waals surface area contributed by atoms with Crippen LogP contribution in [0.4, 0.5) is 5.82 Å². The summed E-state index contributed by atoms with van der Waals surface area (Å²) in [5.41, 5.74) is 0. The van der Waals surface area contributed by atoms with Crippen molar-refractivity contribution < 1.29 is 4.74 Å². The molecule has 0 aromatic carbocycles. The first kappa shape index (κ1) is 11.3. The van der Waals surface area contributed by atoms with Crippen molar-refractivity contribution >= 4 is 5.82 Å². The highest BCUT2D eigenvalue weighted by Gasteiger charge is 2.24. The zero-order valence-electron chi connectivity index (χ0n) is 9.97. The van der Waals surface area contributed by atoms with Crippen molar-refractivity contribution in [2.45, 2.75) is 26.3 Å². The molecule has 0 N–H and O–H groups in total. The monoisotopic (exact) mass is 221 g/mol. The van der Waals surface area contributed by atoms with Gasteiger partial charge in [0.25, 0.3) is 0 Å². The average Bonchev–Trinajstić information content (AvgIpc) is 2.30. The molecular weight excluding hydrogens is 202 g/mol. The first-order valence-corrected chi connectivity index (χ1v) is 5.88. The number of nitrogens with zero attached hydrogens (tertiary/aromatic N) is 3. The summed E-state index contributed by atoms with van der Waals surface area (Å²) >= 11 is 0. The summed E-state index contributed by atoms with van der Waals surface area (Å²) in [5, 5.41) is 0. The molecule has 4 nitrogen and oxygen atoms in total. The van der Waals surface area contributed by atoms with E-state index in [-0.39, 0.29) is 0 Å². The Morgan fingerprint density at radius 3 is 3.12 bits per heavy atom. The third-order valence-electron chi connectivity index (χ3n) is 2.83. The highest BCUT2D eigenvalue weighted by atomic mass is 16.5. The van der Waals surface area contributed by atoms with Crippen molar-refractivity contribution in [2.24, 2.45) is 5.92 Å². The zero-order valence-corrected chi connectivity index (χ0v) is 9.97. The van der Waals surface area contributed by atoms with Crippen LogP contribution in [0.25, 0.3) is 0 Å². The Labute approximate surface area is 96.7 Å². The molecule has 1 aliphatic heterocycles. The van der Waals surface area contributed by atoms with Gasteiger partial charge in [0.2, 0.25) is 0 Å². The van der Waals surface area contributed by atoms with Gasteiger partial charge in [-0.15, -0.1) is 0 Å². The second-order valence-electron chi connectivity index (χ2n) is 4.62. The lowest BCUT2D eigenvalue weighted by molar-refractivity contribution is 0.0873. The van der Waals surface area contributed by atoms with Gasteiger partial charge in [-0.1, -0.05) is 13.8 Å². The molecule has 0 saturated carbocycles. The zero-order chi connectivity index (χ0) is 11.4. The lowest BCUT2D eigenvalue weighted by Crippen LogP contribution is -2.46. The minimum Gasteiger partial charge on any atom is -0.377 e. The molecule has 4 heteroatoms. The number of aromatic nitrogens is 2. The van der Waals surface area contributed by atoms with Gasteiger partial charge in [-0.3, -0.25) is 0 Å². The van der Waals surface area contributed by atoms with E-state index in [0.29, 0.717) is 12.0 Å². The molecule has 2 rings (SSSR count). The van der Waals surface area contributed by atoms with Crippen LogP contribution < -0.4 is 4.90 Å². The van der Waals surface area contributed by atoms with Gasteiger partial charge in [-0.05, 0) is 18.4 Å². The van der Waals surface area contributed by atoms with Crippen LogP contribution in [-0.2, 0) is 4.74 Å². The van der Waals surface area contributed by atoms with E-state index < -0.39 is 0 Å². The predicted octanol–water partition coefficient (Wildman–Crippen LogP) is 1.73. The Balaban J connectivity index is 2.10. The van der Waals surface area contributed by atoms with E-state index in [1.165, 1.54) is 0 Å². The maximum Gasteiger partial charge on any atom is 0.132 e. The molecule has 0 spiro atoms. The van der Waals surface area contributed by atoms with Gasteiger partial charge in [0.1, 0.15) is 12.1 Å². The van der Waals surface area contributed by atoms with Crippen molar-refractivity contribution in [3.05, 3.63) is 18.6 Å². The van der Waals surface area contributed by atoms with Gasteiger partial charge in [-0.2, -0.15) is 0 Å². The van der Waals surface area contributed by atoms with Crippen molar-refractivity contribution in [1.82, 2.24) is 9.97 Å². The summed E-state index contributed by atoms with van der Waals surface area (Å²) < 4.78 is 5.55. The summed E-state index contributed by atoms with van der Waals surface area (Å²) in [6, 6.07) is 2.42. The SMILES string of the molecule is CC(C)C[C@H]1COCCN1c1ccncn1. The number of ether oxygens (including phenoxy) is 1. The highest BCUT2D eigenvalue weighted by Crippen LogP contribution is 2.20. The molecular formula is C12H19N3O. The first-order chi connectivity index (χ1) is 7.77. The van der Waals surface area contributed by atoms with Crippen LogP contribution in [0.5, 0.6) is 0 Å². The average molecular weight is 221 g/mol. The van der Waals surface area contributed by atoms with Crippen LogP contribution in [0.1, 0.15) is 20.3 Å². The molecule has 1 atom stereocenters. The lowest BCUT2D eigenvalue weighted by atomic mass is 10.0. The molecule has 1 saturated heterocycles. The van der Waals surface area contributed by atoms with Gasteiger partial charge < -0.3 is 9.64 Å².